The molecule has 0 aromatic heterocycles. The summed E-state index contributed by atoms with van der Waals surface area (Å²) in [4.78, 5) is 21.1. The van der Waals surface area contributed by atoms with E-state index in [1.165, 1.54) is 0 Å². The van der Waals surface area contributed by atoms with Crippen molar-refractivity contribution in [2.45, 2.75) is 33.1 Å². The lowest BCUT2D eigenvalue weighted by molar-refractivity contribution is -0.241. The highest BCUT2D eigenvalue weighted by Crippen LogP contribution is 2.12. The van der Waals surface area contributed by atoms with Gasteiger partial charge in [0.05, 0.1) is 18.8 Å². The van der Waals surface area contributed by atoms with Crippen LogP contribution >= 0.6 is 0 Å². The average Bonchev–Trinajstić information content (AvgIpc) is 2.39. The lowest BCUT2D eigenvalue weighted by Gasteiger charge is -2.05. The molecule has 0 heterocycles. The molecule has 0 saturated heterocycles. The van der Waals surface area contributed by atoms with Crippen LogP contribution in [0.4, 0.5) is 0 Å². The molecule has 0 aliphatic rings. The van der Waals surface area contributed by atoms with Crippen molar-refractivity contribution in [3.05, 3.63) is 29.8 Å². The first kappa shape index (κ1) is 14.5. The smallest absolute Gasteiger partial charge is 0.373 e. The number of carbonyl (C=O) groups is 1. The maximum absolute atomic E-state index is 11.6. The molecule has 0 atom stereocenters. The Kier molecular flexibility index (Phi) is 6.87. The van der Waals surface area contributed by atoms with Crippen molar-refractivity contribution in [3.8, 4) is 5.75 Å². The molecule has 0 N–H and O–H groups in total. The second kappa shape index (κ2) is 8.53. The van der Waals surface area contributed by atoms with Crippen LogP contribution in [0.1, 0.15) is 43.5 Å². The third-order valence-corrected chi connectivity index (χ3v) is 2.37. The lowest BCUT2D eigenvalue weighted by Crippen LogP contribution is -2.07. The molecule has 0 bridgehead atoms. The highest BCUT2D eigenvalue weighted by molar-refractivity contribution is 5.89. The van der Waals surface area contributed by atoms with Gasteiger partial charge in [-0.05, 0) is 37.6 Å². The fourth-order valence-electron chi connectivity index (χ4n) is 1.41. The van der Waals surface area contributed by atoms with Gasteiger partial charge in [0.15, 0.2) is 0 Å². The Balaban J connectivity index is 2.32. The van der Waals surface area contributed by atoms with Crippen molar-refractivity contribution in [1.29, 1.82) is 0 Å². The van der Waals surface area contributed by atoms with E-state index in [1.807, 2.05) is 6.92 Å². The first-order valence-electron chi connectivity index (χ1n) is 6.34. The van der Waals surface area contributed by atoms with E-state index < -0.39 is 5.97 Å². The van der Waals surface area contributed by atoms with Gasteiger partial charge in [-0.15, -0.1) is 0 Å². The van der Waals surface area contributed by atoms with Crippen molar-refractivity contribution in [2.24, 2.45) is 0 Å². The van der Waals surface area contributed by atoms with E-state index in [4.69, 9.17) is 14.5 Å². The van der Waals surface area contributed by atoms with E-state index >= 15 is 0 Å². The predicted octanol–water partition coefficient (Wildman–Crippen LogP) is 3.36. The zero-order valence-corrected chi connectivity index (χ0v) is 11.0. The van der Waals surface area contributed by atoms with E-state index in [0.717, 1.165) is 25.0 Å². The molecule has 1 aromatic rings. The molecule has 0 aliphatic heterocycles. The van der Waals surface area contributed by atoms with Gasteiger partial charge >= 0.3 is 5.97 Å². The van der Waals surface area contributed by atoms with E-state index in [1.54, 1.807) is 24.3 Å². The summed E-state index contributed by atoms with van der Waals surface area (Å²) in [6.07, 6.45) is 3.07. The van der Waals surface area contributed by atoms with E-state index in [2.05, 4.69) is 6.92 Å². The molecule has 1 rings (SSSR count). The number of ether oxygens (including phenoxy) is 1. The minimum absolute atomic E-state index is 0.441. The van der Waals surface area contributed by atoms with Crippen molar-refractivity contribution >= 4 is 5.97 Å². The molecule has 18 heavy (non-hydrogen) atoms. The maximum Gasteiger partial charge on any atom is 0.373 e. The van der Waals surface area contributed by atoms with E-state index in [0.29, 0.717) is 18.8 Å². The average molecular weight is 252 g/mol. The molecule has 0 amide bonds. The Labute approximate surface area is 108 Å². The van der Waals surface area contributed by atoms with Crippen LogP contribution in [0.2, 0.25) is 0 Å². The largest absolute Gasteiger partial charge is 0.494 e. The van der Waals surface area contributed by atoms with Crippen LogP contribution in [0.15, 0.2) is 24.3 Å². The van der Waals surface area contributed by atoms with Gasteiger partial charge in [0.2, 0.25) is 0 Å². The maximum atomic E-state index is 11.6. The van der Waals surface area contributed by atoms with Crippen molar-refractivity contribution in [1.82, 2.24) is 0 Å². The van der Waals surface area contributed by atoms with Crippen LogP contribution < -0.4 is 4.74 Å². The molecule has 100 valence electrons. The SMILES string of the molecule is CCCCCOOC(=O)c1ccc(OCC)cc1. The van der Waals surface area contributed by atoms with Gasteiger partial charge in [0, 0.05) is 0 Å². The highest BCUT2D eigenvalue weighted by Gasteiger charge is 2.08. The fraction of sp³-hybridized carbons (Fsp3) is 0.500. The monoisotopic (exact) mass is 252 g/mol. The molecule has 0 spiro atoms. The molecule has 4 nitrogen and oxygen atoms in total. The summed E-state index contributed by atoms with van der Waals surface area (Å²) in [5.41, 5.74) is 0.453. The van der Waals surface area contributed by atoms with E-state index in [9.17, 15) is 4.79 Å². The summed E-state index contributed by atoms with van der Waals surface area (Å²) in [5.74, 6) is 0.257. The van der Waals surface area contributed by atoms with Crippen LogP contribution in [-0.2, 0) is 9.78 Å². The first-order valence-corrected chi connectivity index (χ1v) is 6.34. The molecule has 1 aromatic carbocycles. The summed E-state index contributed by atoms with van der Waals surface area (Å²) in [7, 11) is 0. The molecule has 4 heteroatoms. The first-order chi connectivity index (χ1) is 8.77. The Morgan fingerprint density at radius 3 is 2.44 bits per heavy atom. The Morgan fingerprint density at radius 1 is 1.11 bits per heavy atom. The van der Waals surface area contributed by atoms with Gasteiger partial charge in [0.25, 0.3) is 0 Å². The molecular formula is C14H20O4. The lowest BCUT2D eigenvalue weighted by atomic mass is 10.2. The number of unbranched alkanes of at least 4 members (excludes halogenated alkanes) is 2. The summed E-state index contributed by atoms with van der Waals surface area (Å²) < 4.78 is 5.28. The second-order valence-electron chi connectivity index (χ2n) is 3.86. The summed E-state index contributed by atoms with van der Waals surface area (Å²) in [6.45, 7) is 5.05. The molecule has 0 fully saturated rings. The van der Waals surface area contributed by atoms with Gasteiger partial charge in [-0.25, -0.2) is 4.79 Å². The Bertz CT molecular complexity index is 345. The normalized spacial score (nSPS) is 10.1. The third-order valence-electron chi connectivity index (χ3n) is 2.37. The summed E-state index contributed by atoms with van der Waals surface area (Å²) in [6, 6.07) is 6.78. The van der Waals surface area contributed by atoms with Crippen LogP contribution in [0.5, 0.6) is 5.75 Å². The number of hydrogen-bond donors (Lipinski definition) is 0. The van der Waals surface area contributed by atoms with Crippen molar-refractivity contribution in [3.63, 3.8) is 0 Å². The van der Waals surface area contributed by atoms with Crippen molar-refractivity contribution in [2.75, 3.05) is 13.2 Å². The van der Waals surface area contributed by atoms with Crippen LogP contribution in [0, 0.1) is 0 Å². The van der Waals surface area contributed by atoms with Gasteiger partial charge in [-0.2, -0.15) is 4.89 Å². The topological polar surface area (TPSA) is 44.8 Å². The summed E-state index contributed by atoms with van der Waals surface area (Å²) in [5, 5.41) is 0. The minimum Gasteiger partial charge on any atom is -0.494 e. The second-order valence-corrected chi connectivity index (χ2v) is 3.86. The molecule has 0 unspecified atom stereocenters. The van der Waals surface area contributed by atoms with Gasteiger partial charge in [-0.1, -0.05) is 19.8 Å². The number of benzene rings is 1. The fourth-order valence-corrected chi connectivity index (χ4v) is 1.41. The zero-order chi connectivity index (χ0) is 13.2. The Hall–Kier alpha value is -1.55. The van der Waals surface area contributed by atoms with Crippen molar-refractivity contribution < 1.29 is 19.3 Å². The van der Waals surface area contributed by atoms with Crippen LogP contribution in [0.3, 0.4) is 0 Å². The molecular weight excluding hydrogens is 232 g/mol. The molecule has 0 aliphatic carbocycles. The van der Waals surface area contributed by atoms with Gasteiger partial charge in [-0.3, -0.25) is 4.89 Å². The quantitative estimate of drug-likeness (QED) is 0.404. The predicted molar refractivity (Wildman–Crippen MR) is 68.5 cm³/mol. The third kappa shape index (κ3) is 5.19. The van der Waals surface area contributed by atoms with Gasteiger partial charge in [0.1, 0.15) is 5.75 Å². The molecule has 0 saturated carbocycles. The molecule has 0 radical (unpaired) electrons. The standard InChI is InChI=1S/C14H20O4/c1-3-5-6-11-17-18-14(15)12-7-9-13(10-8-12)16-4-2/h7-10H,3-6,11H2,1-2H3. The number of carbonyl (C=O) groups excluding carboxylic acids is 1. The number of rotatable bonds is 8. The van der Waals surface area contributed by atoms with E-state index in [-0.39, 0.29) is 0 Å². The minimum atomic E-state index is -0.477. The van der Waals surface area contributed by atoms with Crippen LogP contribution in [-0.4, -0.2) is 19.2 Å². The number of hydrogen-bond acceptors (Lipinski definition) is 4. The summed E-state index contributed by atoms with van der Waals surface area (Å²) >= 11 is 0. The highest BCUT2D eigenvalue weighted by atomic mass is 17.2. The Morgan fingerprint density at radius 2 is 1.83 bits per heavy atom. The van der Waals surface area contributed by atoms with Gasteiger partial charge < -0.3 is 4.74 Å². The zero-order valence-electron chi connectivity index (χ0n) is 11.0. The van der Waals surface area contributed by atoms with Crippen LogP contribution in [0.25, 0.3) is 0 Å².